The molecule has 3 heterocycles. The zero-order valence-electron chi connectivity index (χ0n) is 23.9. The SMILES string of the molecule is NC(=O)c1[nH]c2c(NC(=O)CCCC(=O)N3CCOCC3)cc(Cl)cc2c1S(=O)(=O)N1CCO[C@H](COc2ccccc2)C1. The number of primary amides is 1. The van der Waals surface area contributed by atoms with E-state index in [2.05, 4.69) is 10.3 Å². The molecule has 0 unspecified atom stereocenters. The van der Waals surface area contributed by atoms with E-state index in [0.717, 1.165) is 0 Å². The number of fused-ring (bicyclic) bond motifs is 1. The van der Waals surface area contributed by atoms with Crippen LogP contribution < -0.4 is 15.8 Å². The van der Waals surface area contributed by atoms with Crippen LogP contribution >= 0.6 is 11.6 Å². The number of nitrogens with one attached hydrogen (secondary N) is 2. The third kappa shape index (κ3) is 7.33. The predicted molar refractivity (Wildman–Crippen MR) is 162 cm³/mol. The van der Waals surface area contributed by atoms with Gasteiger partial charge in [-0.1, -0.05) is 29.8 Å². The summed E-state index contributed by atoms with van der Waals surface area (Å²) in [7, 11) is -4.29. The first-order valence-corrected chi connectivity index (χ1v) is 16.1. The Morgan fingerprint density at radius 1 is 1.07 bits per heavy atom. The van der Waals surface area contributed by atoms with Crippen LogP contribution in [0.15, 0.2) is 47.4 Å². The minimum atomic E-state index is -4.29. The molecule has 236 valence electrons. The molecule has 0 bridgehead atoms. The maximum Gasteiger partial charge on any atom is 0.266 e. The molecule has 13 nitrogen and oxygen atoms in total. The molecule has 2 aliphatic heterocycles. The molecule has 5 rings (SSSR count). The van der Waals surface area contributed by atoms with Crippen LogP contribution in [0.25, 0.3) is 10.9 Å². The Bertz CT molecular complexity index is 1630. The lowest BCUT2D eigenvalue weighted by atomic mass is 10.2. The molecule has 44 heavy (non-hydrogen) atoms. The van der Waals surface area contributed by atoms with E-state index in [-0.39, 0.29) is 77.3 Å². The second kappa shape index (κ2) is 13.9. The van der Waals surface area contributed by atoms with Crippen LogP contribution in [0.2, 0.25) is 5.02 Å². The number of aromatic nitrogens is 1. The highest BCUT2D eigenvalue weighted by Gasteiger charge is 2.36. The summed E-state index contributed by atoms with van der Waals surface area (Å²) in [5.74, 6) is -0.824. The standard InChI is InChI=1S/C29H34ClN5O8S/c30-19-15-22-26(23(16-19)32-24(36)7-4-8-25(37)34-9-12-41-13-10-34)33-27(29(31)38)28(22)44(39,40)35-11-14-42-21(17-35)18-43-20-5-2-1-3-6-20/h1-3,5-6,15-16,21,33H,4,7-14,17-18H2,(H2,31,38)(H,32,36)/t21-/m0/s1. The van der Waals surface area contributed by atoms with Crippen LogP contribution in [-0.2, 0) is 29.1 Å². The van der Waals surface area contributed by atoms with E-state index in [1.165, 1.54) is 16.4 Å². The van der Waals surface area contributed by atoms with Crippen LogP contribution in [0.1, 0.15) is 29.8 Å². The third-order valence-corrected chi connectivity index (χ3v) is 9.55. The van der Waals surface area contributed by atoms with E-state index in [0.29, 0.717) is 38.5 Å². The van der Waals surface area contributed by atoms with Crippen LogP contribution in [-0.4, -0.2) is 99.0 Å². The van der Waals surface area contributed by atoms with Gasteiger partial charge in [0.1, 0.15) is 29.0 Å². The molecule has 0 radical (unpaired) electrons. The van der Waals surface area contributed by atoms with Gasteiger partial charge in [-0.2, -0.15) is 4.31 Å². The Morgan fingerprint density at radius 2 is 1.82 bits per heavy atom. The van der Waals surface area contributed by atoms with Crippen molar-refractivity contribution in [1.29, 1.82) is 0 Å². The summed E-state index contributed by atoms with van der Waals surface area (Å²) >= 11 is 6.37. The Morgan fingerprint density at radius 3 is 2.55 bits per heavy atom. The number of rotatable bonds is 11. The van der Waals surface area contributed by atoms with Crippen molar-refractivity contribution in [3.63, 3.8) is 0 Å². The quantitative estimate of drug-likeness (QED) is 0.284. The summed E-state index contributed by atoms with van der Waals surface area (Å²) in [6.07, 6.45) is -0.00538. The molecule has 3 amide bonds. The van der Waals surface area contributed by atoms with Gasteiger partial charge in [-0.3, -0.25) is 14.4 Å². The summed E-state index contributed by atoms with van der Waals surface area (Å²) in [6, 6.07) is 11.9. The minimum absolute atomic E-state index is 0.0205. The van der Waals surface area contributed by atoms with E-state index in [1.54, 1.807) is 17.0 Å². The van der Waals surface area contributed by atoms with Crippen LogP contribution in [0.3, 0.4) is 0 Å². The average molecular weight is 648 g/mol. The van der Waals surface area contributed by atoms with Gasteiger partial charge in [0.2, 0.25) is 21.8 Å². The van der Waals surface area contributed by atoms with E-state index in [1.807, 2.05) is 18.2 Å². The van der Waals surface area contributed by atoms with Crippen molar-refractivity contribution in [2.75, 3.05) is 57.9 Å². The number of benzene rings is 2. The highest BCUT2D eigenvalue weighted by Crippen LogP contribution is 2.36. The van der Waals surface area contributed by atoms with Gasteiger partial charge < -0.3 is 35.1 Å². The first-order chi connectivity index (χ1) is 21.1. The Kier molecular flexibility index (Phi) is 10.1. The summed E-state index contributed by atoms with van der Waals surface area (Å²) in [6.45, 7) is 2.30. The zero-order chi connectivity index (χ0) is 31.3. The van der Waals surface area contributed by atoms with Gasteiger partial charge in [0, 0.05) is 49.4 Å². The molecule has 2 saturated heterocycles. The lowest BCUT2D eigenvalue weighted by Gasteiger charge is -2.32. The normalized spacial score (nSPS) is 17.8. The van der Waals surface area contributed by atoms with Gasteiger partial charge in [-0.25, -0.2) is 8.42 Å². The Labute approximate surface area is 259 Å². The summed E-state index contributed by atoms with van der Waals surface area (Å²) < 4.78 is 46.0. The summed E-state index contributed by atoms with van der Waals surface area (Å²) in [5, 5.41) is 2.97. The number of carbonyl (C=O) groups excluding carboxylic acids is 3. The second-order valence-electron chi connectivity index (χ2n) is 10.4. The molecule has 2 fully saturated rings. The number of carbonyl (C=O) groups is 3. The number of anilines is 1. The van der Waals surface area contributed by atoms with Gasteiger partial charge in [0.25, 0.3) is 5.91 Å². The van der Waals surface area contributed by atoms with Crippen molar-refractivity contribution in [2.45, 2.75) is 30.3 Å². The maximum absolute atomic E-state index is 14.0. The Balaban J connectivity index is 1.33. The van der Waals surface area contributed by atoms with E-state index in [4.69, 9.17) is 31.5 Å². The van der Waals surface area contributed by atoms with Crippen molar-refractivity contribution in [3.8, 4) is 5.75 Å². The summed E-state index contributed by atoms with van der Waals surface area (Å²) in [4.78, 5) is 41.9. The average Bonchev–Trinajstić information content (AvgIpc) is 3.42. The number of hydrogen-bond donors (Lipinski definition) is 3. The number of morpholine rings is 2. The predicted octanol–water partition coefficient (Wildman–Crippen LogP) is 2.36. The van der Waals surface area contributed by atoms with Crippen LogP contribution in [0.5, 0.6) is 5.75 Å². The lowest BCUT2D eigenvalue weighted by molar-refractivity contribution is -0.135. The van der Waals surface area contributed by atoms with Crippen molar-refractivity contribution >= 4 is 55.9 Å². The van der Waals surface area contributed by atoms with Gasteiger partial charge in [-0.05, 0) is 30.7 Å². The third-order valence-electron chi connectivity index (χ3n) is 7.38. The largest absolute Gasteiger partial charge is 0.491 e. The van der Waals surface area contributed by atoms with Crippen molar-refractivity contribution in [3.05, 3.63) is 53.2 Å². The summed E-state index contributed by atoms with van der Waals surface area (Å²) in [5.41, 5.74) is 5.65. The zero-order valence-corrected chi connectivity index (χ0v) is 25.5. The Hall–Kier alpha value is -3.69. The number of ether oxygens (including phenoxy) is 3. The maximum atomic E-state index is 14.0. The number of hydrogen-bond acceptors (Lipinski definition) is 8. The van der Waals surface area contributed by atoms with E-state index >= 15 is 0 Å². The topological polar surface area (TPSA) is 173 Å². The van der Waals surface area contributed by atoms with Gasteiger partial charge in [-0.15, -0.1) is 0 Å². The minimum Gasteiger partial charge on any atom is -0.491 e. The smallest absolute Gasteiger partial charge is 0.266 e. The fraction of sp³-hybridized carbons (Fsp3) is 0.414. The number of sulfonamides is 1. The monoisotopic (exact) mass is 647 g/mol. The van der Waals surface area contributed by atoms with Gasteiger partial charge >= 0.3 is 0 Å². The fourth-order valence-electron chi connectivity index (χ4n) is 5.21. The van der Waals surface area contributed by atoms with Crippen molar-refractivity contribution in [1.82, 2.24) is 14.2 Å². The number of para-hydroxylation sites is 1. The first kappa shape index (κ1) is 31.7. The molecule has 0 aliphatic carbocycles. The van der Waals surface area contributed by atoms with Crippen molar-refractivity contribution in [2.24, 2.45) is 5.73 Å². The highest BCUT2D eigenvalue weighted by atomic mass is 35.5. The molecule has 3 aromatic rings. The fourth-order valence-corrected chi connectivity index (χ4v) is 7.21. The highest BCUT2D eigenvalue weighted by molar-refractivity contribution is 7.89. The number of H-pyrrole nitrogens is 1. The van der Waals surface area contributed by atoms with Gasteiger partial charge in [0.05, 0.1) is 31.0 Å². The molecule has 1 aromatic heterocycles. The molecule has 4 N–H and O–H groups in total. The molecule has 15 heteroatoms. The number of nitrogens with zero attached hydrogens (tertiary/aromatic N) is 2. The molecule has 2 aliphatic rings. The van der Waals surface area contributed by atoms with E-state index < -0.39 is 27.9 Å². The van der Waals surface area contributed by atoms with Crippen LogP contribution in [0.4, 0.5) is 5.69 Å². The van der Waals surface area contributed by atoms with E-state index in [9.17, 15) is 22.8 Å². The van der Waals surface area contributed by atoms with Crippen LogP contribution in [0, 0.1) is 0 Å². The second-order valence-corrected chi connectivity index (χ2v) is 12.8. The molecule has 1 atom stereocenters. The lowest BCUT2D eigenvalue weighted by Crippen LogP contribution is -2.47. The molecule has 0 saturated carbocycles. The first-order valence-electron chi connectivity index (χ1n) is 14.2. The molecule has 2 aromatic carbocycles. The number of amides is 3. The molecule has 0 spiro atoms. The number of nitrogens with two attached hydrogens (primary N) is 1. The van der Waals surface area contributed by atoms with Gasteiger partial charge in [0.15, 0.2) is 0 Å². The molecular weight excluding hydrogens is 614 g/mol. The number of halogens is 1. The number of aromatic amines is 1. The molecular formula is C29H34ClN5O8S. The van der Waals surface area contributed by atoms with Crippen molar-refractivity contribution < 1.29 is 37.0 Å².